The zero-order valence-corrected chi connectivity index (χ0v) is 8.92. The first-order valence-corrected chi connectivity index (χ1v) is 4.90. The lowest BCUT2D eigenvalue weighted by atomic mass is 10.0. The fraction of sp³-hybridized carbons (Fsp3) is 0.154. The molecule has 0 heterocycles. The van der Waals surface area contributed by atoms with Gasteiger partial charge in [0.1, 0.15) is 0 Å². The minimum Gasteiger partial charge on any atom is -0.352 e. The Morgan fingerprint density at radius 2 is 2.13 bits per heavy atom. The highest BCUT2D eigenvalue weighted by atomic mass is 16.1. The van der Waals surface area contributed by atoms with E-state index in [2.05, 4.69) is 18.5 Å². The Bertz CT molecular complexity index is 394. The van der Waals surface area contributed by atoms with Crippen LogP contribution in [-0.4, -0.2) is 12.5 Å². The molecular weight excluding hydrogens is 186 g/mol. The van der Waals surface area contributed by atoms with E-state index in [1.165, 1.54) is 0 Å². The Morgan fingerprint density at radius 3 is 2.67 bits per heavy atom. The van der Waals surface area contributed by atoms with Gasteiger partial charge in [-0.2, -0.15) is 0 Å². The molecule has 0 aliphatic carbocycles. The molecule has 1 aromatic carbocycles. The maximum Gasteiger partial charge on any atom is 0.251 e. The monoisotopic (exact) mass is 201 g/mol. The van der Waals surface area contributed by atoms with Crippen LogP contribution in [0, 0.1) is 0 Å². The minimum absolute atomic E-state index is 0.0731. The summed E-state index contributed by atoms with van der Waals surface area (Å²) < 4.78 is 0. The molecule has 0 bridgehead atoms. The van der Waals surface area contributed by atoms with Crippen molar-refractivity contribution in [3.05, 3.63) is 48.0 Å². The Kier molecular flexibility index (Phi) is 3.86. The van der Waals surface area contributed by atoms with Gasteiger partial charge in [-0.25, -0.2) is 0 Å². The Labute approximate surface area is 90.3 Å². The van der Waals surface area contributed by atoms with Gasteiger partial charge in [-0.05, 0) is 24.1 Å². The molecule has 1 N–H and O–H groups in total. The molecule has 2 nitrogen and oxygen atoms in total. The first kappa shape index (κ1) is 11.2. The van der Waals surface area contributed by atoms with Gasteiger partial charge in [0, 0.05) is 12.1 Å². The van der Waals surface area contributed by atoms with E-state index in [4.69, 9.17) is 0 Å². The molecule has 0 aliphatic heterocycles. The van der Waals surface area contributed by atoms with Gasteiger partial charge in [0.2, 0.25) is 0 Å². The largest absolute Gasteiger partial charge is 0.352 e. The maximum absolute atomic E-state index is 11.7. The Morgan fingerprint density at radius 1 is 1.40 bits per heavy atom. The third-order valence-corrected chi connectivity index (χ3v) is 2.15. The number of benzene rings is 1. The molecular formula is C13H15NO. The average Bonchev–Trinajstić information content (AvgIpc) is 2.28. The third kappa shape index (κ3) is 2.34. The normalized spacial score (nSPS) is 9.40. The third-order valence-electron chi connectivity index (χ3n) is 2.15. The van der Waals surface area contributed by atoms with Gasteiger partial charge in [0.25, 0.3) is 5.91 Å². The van der Waals surface area contributed by atoms with E-state index in [9.17, 15) is 4.79 Å². The standard InChI is InChI=1S/C13H15NO/c1-4-10-8-7-9-12(11(10)5-2)13(15)14-6-3/h4-5,7-9H,1-2,6H2,3H3,(H,14,15). The van der Waals surface area contributed by atoms with E-state index in [-0.39, 0.29) is 5.91 Å². The van der Waals surface area contributed by atoms with Crippen LogP contribution < -0.4 is 5.32 Å². The molecule has 0 atom stereocenters. The summed E-state index contributed by atoms with van der Waals surface area (Å²) in [5.41, 5.74) is 2.40. The molecule has 0 fully saturated rings. The zero-order valence-electron chi connectivity index (χ0n) is 8.92. The molecule has 0 radical (unpaired) electrons. The van der Waals surface area contributed by atoms with Crippen molar-refractivity contribution in [3.8, 4) is 0 Å². The summed E-state index contributed by atoms with van der Waals surface area (Å²) in [6.07, 6.45) is 3.40. The second-order valence-electron chi connectivity index (χ2n) is 3.08. The van der Waals surface area contributed by atoms with Crippen molar-refractivity contribution < 1.29 is 4.79 Å². The Hall–Kier alpha value is -1.83. The van der Waals surface area contributed by atoms with E-state index in [1.54, 1.807) is 18.2 Å². The van der Waals surface area contributed by atoms with Crippen LogP contribution in [0.25, 0.3) is 12.2 Å². The molecule has 2 heteroatoms. The van der Waals surface area contributed by atoms with Gasteiger partial charge in [-0.1, -0.05) is 37.4 Å². The smallest absolute Gasteiger partial charge is 0.251 e. The molecule has 15 heavy (non-hydrogen) atoms. The highest BCUT2D eigenvalue weighted by Gasteiger charge is 2.09. The van der Waals surface area contributed by atoms with Crippen LogP contribution in [-0.2, 0) is 0 Å². The summed E-state index contributed by atoms with van der Waals surface area (Å²) in [6.45, 7) is 9.93. The SMILES string of the molecule is C=Cc1cccc(C(=O)NCC)c1C=C. The zero-order chi connectivity index (χ0) is 11.3. The molecule has 0 aliphatic rings. The van der Waals surface area contributed by atoms with Gasteiger partial charge < -0.3 is 5.32 Å². The van der Waals surface area contributed by atoms with Crippen LogP contribution >= 0.6 is 0 Å². The quantitative estimate of drug-likeness (QED) is 0.797. The van der Waals surface area contributed by atoms with Gasteiger partial charge >= 0.3 is 0 Å². The van der Waals surface area contributed by atoms with E-state index in [0.29, 0.717) is 12.1 Å². The second-order valence-corrected chi connectivity index (χ2v) is 3.08. The predicted molar refractivity (Wildman–Crippen MR) is 64.6 cm³/mol. The first-order chi connectivity index (χ1) is 7.24. The lowest BCUT2D eigenvalue weighted by molar-refractivity contribution is 0.0955. The lowest BCUT2D eigenvalue weighted by Crippen LogP contribution is -2.23. The molecule has 0 unspecified atom stereocenters. The lowest BCUT2D eigenvalue weighted by Gasteiger charge is -2.08. The summed E-state index contributed by atoms with van der Waals surface area (Å²) in [4.78, 5) is 11.7. The van der Waals surface area contributed by atoms with Crippen LogP contribution in [0.15, 0.2) is 31.4 Å². The van der Waals surface area contributed by atoms with Gasteiger partial charge in [0.05, 0.1) is 0 Å². The van der Waals surface area contributed by atoms with Crippen LogP contribution in [0.5, 0.6) is 0 Å². The number of nitrogens with one attached hydrogen (secondary N) is 1. The maximum atomic E-state index is 11.7. The van der Waals surface area contributed by atoms with E-state index < -0.39 is 0 Å². The molecule has 1 aromatic rings. The molecule has 0 saturated carbocycles. The van der Waals surface area contributed by atoms with Crippen molar-refractivity contribution in [1.82, 2.24) is 5.32 Å². The second kappa shape index (κ2) is 5.15. The van der Waals surface area contributed by atoms with Crippen LogP contribution in [0.4, 0.5) is 0 Å². The summed E-state index contributed by atoms with van der Waals surface area (Å²) in [7, 11) is 0. The first-order valence-electron chi connectivity index (χ1n) is 4.90. The van der Waals surface area contributed by atoms with Gasteiger partial charge in [0.15, 0.2) is 0 Å². The number of hydrogen-bond donors (Lipinski definition) is 1. The van der Waals surface area contributed by atoms with Gasteiger partial charge in [-0.15, -0.1) is 0 Å². The molecule has 0 spiro atoms. The highest BCUT2D eigenvalue weighted by molar-refractivity contribution is 5.98. The highest BCUT2D eigenvalue weighted by Crippen LogP contribution is 2.17. The van der Waals surface area contributed by atoms with Gasteiger partial charge in [-0.3, -0.25) is 4.79 Å². The minimum atomic E-state index is -0.0731. The number of rotatable bonds is 4. The molecule has 1 amide bonds. The van der Waals surface area contributed by atoms with E-state index in [1.807, 2.05) is 19.1 Å². The molecule has 0 saturated heterocycles. The summed E-state index contributed by atoms with van der Waals surface area (Å²) in [5.74, 6) is -0.0731. The van der Waals surface area contributed by atoms with E-state index in [0.717, 1.165) is 11.1 Å². The van der Waals surface area contributed by atoms with Crippen LogP contribution in [0.2, 0.25) is 0 Å². The number of carbonyl (C=O) groups is 1. The summed E-state index contributed by atoms with van der Waals surface area (Å²) in [5, 5.41) is 2.77. The number of hydrogen-bond acceptors (Lipinski definition) is 1. The van der Waals surface area contributed by atoms with Crippen LogP contribution in [0.3, 0.4) is 0 Å². The van der Waals surface area contributed by atoms with Crippen molar-refractivity contribution in [2.45, 2.75) is 6.92 Å². The fourth-order valence-corrected chi connectivity index (χ4v) is 1.44. The van der Waals surface area contributed by atoms with E-state index >= 15 is 0 Å². The van der Waals surface area contributed by atoms with Crippen LogP contribution in [0.1, 0.15) is 28.4 Å². The topological polar surface area (TPSA) is 29.1 Å². The van der Waals surface area contributed by atoms with Crippen molar-refractivity contribution in [2.24, 2.45) is 0 Å². The molecule has 1 rings (SSSR count). The number of amides is 1. The average molecular weight is 201 g/mol. The molecule has 0 aromatic heterocycles. The Balaban J connectivity index is 3.22. The summed E-state index contributed by atoms with van der Waals surface area (Å²) >= 11 is 0. The predicted octanol–water partition coefficient (Wildman–Crippen LogP) is 2.72. The van der Waals surface area contributed by atoms with Crippen molar-refractivity contribution in [2.75, 3.05) is 6.54 Å². The van der Waals surface area contributed by atoms with Crippen molar-refractivity contribution in [3.63, 3.8) is 0 Å². The molecule has 78 valence electrons. The summed E-state index contributed by atoms with van der Waals surface area (Å²) in [6, 6.07) is 5.54. The number of carbonyl (C=O) groups excluding carboxylic acids is 1. The fourth-order valence-electron chi connectivity index (χ4n) is 1.44. The van der Waals surface area contributed by atoms with Crippen molar-refractivity contribution in [1.29, 1.82) is 0 Å². The van der Waals surface area contributed by atoms with Crippen molar-refractivity contribution >= 4 is 18.1 Å².